The number of benzene rings is 2. The molecular weight excluding hydrogens is 873 g/mol. The van der Waals surface area contributed by atoms with E-state index in [2.05, 4.69) is 170 Å². The van der Waals surface area contributed by atoms with Gasteiger partial charge in [-0.15, -0.1) is 0 Å². The Morgan fingerprint density at radius 2 is 1.60 bits per heavy atom. The summed E-state index contributed by atoms with van der Waals surface area (Å²) in [6.07, 6.45) is 16.2. The molecule has 2 aromatic rings. The van der Waals surface area contributed by atoms with Gasteiger partial charge in [0.25, 0.3) is 8.32 Å². The van der Waals surface area contributed by atoms with Gasteiger partial charge in [0.15, 0.2) is 25.7 Å². The number of unbranched alkanes of at least 4 members (excludes halogenated alkanes) is 1. The second-order valence-corrected chi connectivity index (χ2v) is 30.9. The molecule has 2 saturated heterocycles. The van der Waals surface area contributed by atoms with Crippen molar-refractivity contribution < 1.29 is 33.0 Å². The predicted molar refractivity (Wildman–Crippen MR) is 263 cm³/mol. The molecule has 0 amide bonds. The highest BCUT2D eigenvalue weighted by atomic mass is 79.9. The third-order valence-corrected chi connectivity index (χ3v) is 23.8. The fourth-order valence-electron chi connectivity index (χ4n) is 9.27. The Balaban J connectivity index is 1.14. The summed E-state index contributed by atoms with van der Waals surface area (Å²) in [5.41, 5.74) is 0. The van der Waals surface area contributed by atoms with Gasteiger partial charge in [-0.3, -0.25) is 4.79 Å². The number of ether oxygens (including phenoxy) is 3. The lowest BCUT2D eigenvalue weighted by molar-refractivity contribution is -0.360. The highest BCUT2D eigenvalue weighted by molar-refractivity contribution is 9.11. The van der Waals surface area contributed by atoms with Crippen molar-refractivity contribution in [3.63, 3.8) is 0 Å². The lowest BCUT2D eigenvalue weighted by atomic mass is 9.85. The molecule has 5 rings (SSSR count). The molecule has 2 aromatic carbocycles. The maximum absolute atomic E-state index is 13.4. The van der Waals surface area contributed by atoms with Gasteiger partial charge in [0, 0.05) is 35.8 Å². The minimum Gasteiger partial charge on any atom is -0.409 e. The molecule has 0 saturated carbocycles. The molecule has 0 unspecified atom stereocenters. The van der Waals surface area contributed by atoms with Crippen LogP contribution >= 0.6 is 15.9 Å². The van der Waals surface area contributed by atoms with Crippen LogP contribution in [-0.2, 0) is 27.9 Å². The number of carbonyl (C=O) groups is 1. The van der Waals surface area contributed by atoms with Crippen molar-refractivity contribution in [2.45, 2.75) is 173 Å². The SMILES string of the molecule is C=C(Br)[C@@H](O[Si](C)(C)C(C)(C)C)[C@@H](C)C[C@@H](C)C(=O)/C=C/C[C@H]1O[C@@]2(CC[C@]3(C=CC[C@@H](/C=C/CCCO[Si](c4ccccc4)(c4ccccc4)C(C)(C)C)O3)O2)[C@H](C)C[C@H]1O. The lowest BCUT2D eigenvalue weighted by Gasteiger charge is -2.46. The number of hydrogen-bond donors (Lipinski definition) is 1. The molecule has 0 aliphatic carbocycles. The van der Waals surface area contributed by atoms with Crippen LogP contribution in [0.1, 0.15) is 114 Å². The van der Waals surface area contributed by atoms with Crippen molar-refractivity contribution in [2.24, 2.45) is 17.8 Å². The zero-order valence-electron chi connectivity index (χ0n) is 39.6. The van der Waals surface area contributed by atoms with E-state index in [4.69, 9.17) is 23.1 Å². The van der Waals surface area contributed by atoms with Gasteiger partial charge < -0.3 is 28.2 Å². The van der Waals surface area contributed by atoms with Crippen LogP contribution < -0.4 is 10.4 Å². The van der Waals surface area contributed by atoms with E-state index in [1.165, 1.54) is 10.4 Å². The summed E-state index contributed by atoms with van der Waals surface area (Å²) in [6.45, 7) is 29.2. The molecule has 0 radical (unpaired) electrons. The summed E-state index contributed by atoms with van der Waals surface area (Å²) >= 11 is 3.61. The second kappa shape index (κ2) is 20.9. The number of ketones is 1. The number of carbonyl (C=O) groups excluding carboxylic acids is 1. The van der Waals surface area contributed by atoms with E-state index in [-0.39, 0.29) is 45.8 Å². The molecule has 2 spiro atoms. The average Bonchev–Trinajstić information content (AvgIpc) is 3.55. The topological polar surface area (TPSA) is 83.5 Å². The maximum atomic E-state index is 13.4. The Morgan fingerprint density at radius 3 is 2.18 bits per heavy atom. The summed E-state index contributed by atoms with van der Waals surface area (Å²) in [7, 11) is -4.61. The molecule has 9 atom stereocenters. The van der Waals surface area contributed by atoms with Crippen molar-refractivity contribution in [3.8, 4) is 0 Å². The van der Waals surface area contributed by atoms with Crippen molar-refractivity contribution in [3.05, 3.63) is 108 Å². The molecule has 2 fully saturated rings. The fraction of sp³-hybridized carbons (Fsp3) is 0.596. The van der Waals surface area contributed by atoms with Crippen LogP contribution in [0.5, 0.6) is 0 Å². The van der Waals surface area contributed by atoms with Gasteiger partial charge in [0.2, 0.25) is 0 Å². The Morgan fingerprint density at radius 1 is 0.968 bits per heavy atom. The lowest BCUT2D eigenvalue weighted by Crippen LogP contribution is -2.66. The summed E-state index contributed by atoms with van der Waals surface area (Å²) in [5.74, 6) is -1.83. The van der Waals surface area contributed by atoms with Gasteiger partial charge in [0.1, 0.15) is 0 Å². The van der Waals surface area contributed by atoms with E-state index in [1.54, 1.807) is 6.08 Å². The van der Waals surface area contributed by atoms with Crippen LogP contribution in [0.15, 0.2) is 108 Å². The Labute approximate surface area is 385 Å². The monoisotopic (exact) mass is 948 g/mol. The van der Waals surface area contributed by atoms with Gasteiger partial charge in [-0.05, 0) is 90.1 Å². The molecule has 3 aliphatic heterocycles. The standard InChI is InChI=1S/C52H77BrO7Si2/c1-38(36-39(2)48(41(4)53)59-61(11,12)49(5,6)7)45(54)30-22-31-47-46(55)37-40(3)52(58-47)34-33-51(60-52)32-23-25-42(57-51)24-16-15-21-35-56-62(50(8,9)10,43-26-17-13-18-27-43)44-28-19-14-20-29-44/h13-14,16-20,22-24,26-30,32,38-40,42,46-48,55H,4,15,21,25,31,33-37H2,1-3,5-12H3/b24-16+,30-22+/t38-,39+,40-,42-,46-,47-,48+,51+,52-/m1/s1. The highest BCUT2D eigenvalue weighted by Crippen LogP contribution is 2.51. The van der Waals surface area contributed by atoms with Gasteiger partial charge in [-0.25, -0.2) is 0 Å². The number of aliphatic hydroxyl groups is 1. The van der Waals surface area contributed by atoms with Crippen molar-refractivity contribution >= 4 is 48.7 Å². The Hall–Kier alpha value is -2.26. The zero-order valence-corrected chi connectivity index (χ0v) is 43.2. The highest BCUT2D eigenvalue weighted by Gasteiger charge is 2.58. The summed E-state index contributed by atoms with van der Waals surface area (Å²) < 4.78 is 34.9. The zero-order chi connectivity index (χ0) is 45.6. The first-order valence-electron chi connectivity index (χ1n) is 23.1. The Kier molecular flexibility index (Phi) is 17.1. The first kappa shape index (κ1) is 50.7. The molecule has 1 N–H and O–H groups in total. The first-order valence-corrected chi connectivity index (χ1v) is 28.7. The van der Waals surface area contributed by atoms with Crippen LogP contribution in [0.2, 0.25) is 23.2 Å². The molecule has 7 nitrogen and oxygen atoms in total. The first-order chi connectivity index (χ1) is 29.0. The van der Waals surface area contributed by atoms with Crippen LogP contribution in [0.25, 0.3) is 0 Å². The predicted octanol–water partition coefficient (Wildman–Crippen LogP) is 11.7. The van der Waals surface area contributed by atoms with Gasteiger partial charge >= 0.3 is 0 Å². The van der Waals surface area contributed by atoms with Crippen molar-refractivity contribution in [1.82, 2.24) is 0 Å². The minimum atomic E-state index is -2.57. The van der Waals surface area contributed by atoms with E-state index in [1.807, 2.05) is 19.1 Å². The summed E-state index contributed by atoms with van der Waals surface area (Å²) in [4.78, 5) is 13.4. The van der Waals surface area contributed by atoms with Crippen LogP contribution in [0.4, 0.5) is 0 Å². The molecular formula is C52H77BrO7Si2. The van der Waals surface area contributed by atoms with Gasteiger partial charge in [-0.1, -0.05) is 170 Å². The van der Waals surface area contributed by atoms with Crippen LogP contribution in [0, 0.1) is 17.8 Å². The summed E-state index contributed by atoms with van der Waals surface area (Å²) in [5, 5.41) is 13.8. The quantitative estimate of drug-likeness (QED) is 0.0690. The normalized spacial score (nSPS) is 27.6. The number of hydrogen-bond acceptors (Lipinski definition) is 7. The third kappa shape index (κ3) is 11.9. The average molecular weight is 950 g/mol. The van der Waals surface area contributed by atoms with E-state index >= 15 is 0 Å². The van der Waals surface area contributed by atoms with E-state index in [0.717, 1.165) is 23.7 Å². The number of rotatable bonds is 18. The molecule has 342 valence electrons. The van der Waals surface area contributed by atoms with Gasteiger partial charge in [0.05, 0.1) is 24.4 Å². The van der Waals surface area contributed by atoms with Gasteiger partial charge in [-0.2, -0.15) is 0 Å². The number of allylic oxidation sites excluding steroid dienone is 2. The van der Waals surface area contributed by atoms with E-state index in [9.17, 15) is 9.90 Å². The second-order valence-electron chi connectivity index (χ2n) is 20.9. The smallest absolute Gasteiger partial charge is 0.261 e. The molecule has 62 heavy (non-hydrogen) atoms. The molecule has 3 heterocycles. The largest absolute Gasteiger partial charge is 0.409 e. The number of halogens is 1. The van der Waals surface area contributed by atoms with Crippen molar-refractivity contribution in [1.29, 1.82) is 0 Å². The third-order valence-electron chi connectivity index (χ3n) is 13.9. The minimum absolute atomic E-state index is 0.0330. The molecule has 0 aromatic heterocycles. The molecule has 10 heteroatoms. The van der Waals surface area contributed by atoms with Crippen molar-refractivity contribution in [2.75, 3.05) is 6.61 Å². The van der Waals surface area contributed by atoms with E-state index in [0.29, 0.717) is 38.7 Å². The number of aliphatic hydroxyl groups excluding tert-OH is 1. The molecule has 3 aliphatic rings. The van der Waals surface area contributed by atoms with Crippen LogP contribution in [-0.4, -0.2) is 70.1 Å². The van der Waals surface area contributed by atoms with E-state index < -0.39 is 40.4 Å². The maximum Gasteiger partial charge on any atom is 0.261 e. The fourth-order valence-corrected chi connectivity index (χ4v) is 16.0. The Bertz CT molecular complexity index is 1830. The van der Waals surface area contributed by atoms with Crippen LogP contribution in [0.3, 0.4) is 0 Å². The summed E-state index contributed by atoms with van der Waals surface area (Å²) in [6, 6.07) is 21.6. The molecule has 0 bridgehead atoms.